The molecule has 1 aliphatic rings. The van der Waals surface area contributed by atoms with Crippen molar-refractivity contribution < 1.29 is 24.0 Å². The third-order valence-corrected chi connectivity index (χ3v) is 3.38. The maximum Gasteiger partial charge on any atom is 0.531 e. The molecular formula is C14H23N3O6. The highest BCUT2D eigenvalue weighted by atomic mass is 16.6. The Morgan fingerprint density at radius 2 is 1.83 bits per heavy atom. The van der Waals surface area contributed by atoms with Crippen molar-refractivity contribution in [3.63, 3.8) is 0 Å². The Bertz CT molecular complexity index is 459. The molecule has 23 heavy (non-hydrogen) atoms. The summed E-state index contributed by atoms with van der Waals surface area (Å²) in [7, 11) is 0. The maximum absolute atomic E-state index is 12.0. The topological polar surface area (TPSA) is 111 Å². The smallest absolute Gasteiger partial charge is 0.448 e. The first-order chi connectivity index (χ1) is 11.0. The van der Waals surface area contributed by atoms with Crippen LogP contribution in [0.1, 0.15) is 46.0 Å². The lowest BCUT2D eigenvalue weighted by Gasteiger charge is -2.20. The average molecular weight is 329 g/mol. The minimum Gasteiger partial charge on any atom is -0.448 e. The van der Waals surface area contributed by atoms with E-state index in [1.54, 1.807) is 13.8 Å². The van der Waals surface area contributed by atoms with E-state index in [1.165, 1.54) is 6.08 Å². The molecule has 0 bridgehead atoms. The van der Waals surface area contributed by atoms with Gasteiger partial charge in [0.05, 0.1) is 13.2 Å². The van der Waals surface area contributed by atoms with Gasteiger partial charge in [-0.3, -0.25) is 0 Å². The van der Waals surface area contributed by atoms with Crippen LogP contribution in [0.25, 0.3) is 0 Å². The van der Waals surface area contributed by atoms with Crippen LogP contribution >= 0.6 is 0 Å². The third kappa shape index (κ3) is 6.13. The molecule has 0 unspecified atom stereocenters. The van der Waals surface area contributed by atoms with Gasteiger partial charge in [0.1, 0.15) is 0 Å². The largest absolute Gasteiger partial charge is 0.531 e. The number of nitrogens with zero attached hydrogens (tertiary/aromatic N) is 2. The van der Waals surface area contributed by atoms with Gasteiger partial charge in [-0.1, -0.05) is 19.3 Å². The highest BCUT2D eigenvalue weighted by Gasteiger charge is 2.35. The monoisotopic (exact) mass is 329 g/mol. The minimum absolute atomic E-state index is 0.00919. The van der Waals surface area contributed by atoms with Crippen LogP contribution in [0, 0.1) is 16.0 Å². The summed E-state index contributed by atoms with van der Waals surface area (Å²) in [4.78, 5) is 34.2. The van der Waals surface area contributed by atoms with Gasteiger partial charge in [-0.25, -0.2) is 4.79 Å². The van der Waals surface area contributed by atoms with E-state index in [1.807, 2.05) is 0 Å². The van der Waals surface area contributed by atoms with Gasteiger partial charge in [0.25, 0.3) is 0 Å². The van der Waals surface area contributed by atoms with Crippen molar-refractivity contribution in [1.82, 2.24) is 10.4 Å². The summed E-state index contributed by atoms with van der Waals surface area (Å²) in [6, 6.07) is 0. The molecule has 1 saturated carbocycles. The van der Waals surface area contributed by atoms with Crippen LogP contribution < -0.4 is 5.43 Å². The molecule has 1 aliphatic carbocycles. The summed E-state index contributed by atoms with van der Waals surface area (Å²) in [5.41, 5.74) is 2.06. The molecule has 1 N–H and O–H groups in total. The number of hydrogen-bond acceptors (Lipinski definition) is 6. The molecule has 0 aromatic carbocycles. The van der Waals surface area contributed by atoms with E-state index in [0.717, 1.165) is 32.1 Å². The highest BCUT2D eigenvalue weighted by Crippen LogP contribution is 2.26. The lowest BCUT2D eigenvalue weighted by atomic mass is 9.89. The molecule has 1 fully saturated rings. The minimum atomic E-state index is -1.03. The molecular weight excluding hydrogens is 306 g/mol. The first kappa shape index (κ1) is 18.7. The van der Waals surface area contributed by atoms with Gasteiger partial charge in [-0.15, -0.1) is 5.43 Å². The maximum atomic E-state index is 12.0. The number of hydrazine groups is 1. The lowest BCUT2D eigenvalue weighted by molar-refractivity contribution is -0.445. The first-order valence-corrected chi connectivity index (χ1v) is 7.76. The Kier molecular flexibility index (Phi) is 7.86. The van der Waals surface area contributed by atoms with Crippen molar-refractivity contribution >= 4 is 12.2 Å². The van der Waals surface area contributed by atoms with Crippen LogP contribution in [-0.4, -0.2) is 35.3 Å². The van der Waals surface area contributed by atoms with E-state index in [-0.39, 0.29) is 19.1 Å². The summed E-state index contributed by atoms with van der Waals surface area (Å²) in [5, 5.41) is 11.9. The van der Waals surface area contributed by atoms with Gasteiger partial charge in [-0.05, 0) is 42.5 Å². The molecule has 9 nitrogen and oxygen atoms in total. The third-order valence-electron chi connectivity index (χ3n) is 3.38. The number of nitro groups is 1. The average Bonchev–Trinajstić information content (AvgIpc) is 2.52. The first-order valence-electron chi connectivity index (χ1n) is 7.76. The fraction of sp³-hybridized carbons (Fsp3) is 0.714. The fourth-order valence-corrected chi connectivity index (χ4v) is 2.37. The quantitative estimate of drug-likeness (QED) is 0.613. The van der Waals surface area contributed by atoms with Gasteiger partial charge in [0.15, 0.2) is 0 Å². The SMILES string of the molecule is CCOC(=O)NN(C(=O)OCC)/C(=C\C1CCCCC1)[N+](=O)[O-]. The second kappa shape index (κ2) is 9.65. The molecule has 1 rings (SSSR count). The molecule has 130 valence electrons. The van der Waals surface area contributed by atoms with Crippen molar-refractivity contribution in [3.05, 3.63) is 22.0 Å². The Labute approximate surface area is 134 Å². The molecule has 2 amide bonds. The second-order valence-electron chi connectivity index (χ2n) is 5.05. The van der Waals surface area contributed by atoms with E-state index in [0.29, 0.717) is 5.01 Å². The van der Waals surface area contributed by atoms with E-state index < -0.39 is 22.9 Å². The summed E-state index contributed by atoms with van der Waals surface area (Å²) >= 11 is 0. The summed E-state index contributed by atoms with van der Waals surface area (Å²) in [6.45, 7) is 3.24. The number of nitrogens with one attached hydrogen (secondary N) is 1. The number of allylic oxidation sites excluding steroid dienone is 1. The Balaban J connectivity index is 3.00. The van der Waals surface area contributed by atoms with E-state index in [2.05, 4.69) is 10.2 Å². The van der Waals surface area contributed by atoms with Crippen LogP contribution in [0.5, 0.6) is 0 Å². The van der Waals surface area contributed by atoms with Crippen molar-refractivity contribution in [3.8, 4) is 0 Å². The van der Waals surface area contributed by atoms with Gasteiger partial charge in [0.2, 0.25) is 0 Å². The summed E-state index contributed by atoms with van der Waals surface area (Å²) < 4.78 is 9.45. The lowest BCUT2D eigenvalue weighted by Crippen LogP contribution is -2.47. The van der Waals surface area contributed by atoms with E-state index in [9.17, 15) is 19.7 Å². The predicted octanol–water partition coefficient (Wildman–Crippen LogP) is 2.80. The molecule has 9 heteroatoms. The Hall–Kier alpha value is -2.32. The molecule has 0 saturated heterocycles. The van der Waals surface area contributed by atoms with Gasteiger partial charge >= 0.3 is 18.0 Å². The summed E-state index contributed by atoms with van der Waals surface area (Å²) in [6.07, 6.45) is 4.11. The number of ether oxygens (including phenoxy) is 2. The van der Waals surface area contributed by atoms with Crippen molar-refractivity contribution in [2.45, 2.75) is 46.0 Å². The molecule has 0 spiro atoms. The van der Waals surface area contributed by atoms with Crippen molar-refractivity contribution in [2.24, 2.45) is 5.92 Å². The van der Waals surface area contributed by atoms with Crippen LogP contribution in [0.4, 0.5) is 9.59 Å². The number of hydrogen-bond donors (Lipinski definition) is 1. The van der Waals surface area contributed by atoms with Crippen LogP contribution in [0.3, 0.4) is 0 Å². The predicted molar refractivity (Wildman–Crippen MR) is 80.7 cm³/mol. The van der Waals surface area contributed by atoms with Crippen molar-refractivity contribution in [2.75, 3.05) is 13.2 Å². The van der Waals surface area contributed by atoms with Crippen molar-refractivity contribution in [1.29, 1.82) is 0 Å². The number of carbonyl (C=O) groups is 2. The van der Waals surface area contributed by atoms with Crippen LogP contribution in [-0.2, 0) is 9.47 Å². The molecule has 0 heterocycles. The van der Waals surface area contributed by atoms with Crippen LogP contribution in [0.2, 0.25) is 0 Å². The van der Waals surface area contributed by atoms with Gasteiger partial charge in [-0.2, -0.15) is 4.79 Å². The summed E-state index contributed by atoms with van der Waals surface area (Å²) in [5.74, 6) is -0.534. The zero-order valence-corrected chi connectivity index (χ0v) is 13.4. The Morgan fingerprint density at radius 1 is 1.22 bits per heavy atom. The standard InChI is InChI=1S/C14H23N3O6/c1-3-22-13(18)15-16(14(19)23-4-2)12(17(20)21)10-11-8-6-5-7-9-11/h10-11H,3-9H2,1-2H3,(H,15,18)/b12-10+. The zero-order chi connectivity index (χ0) is 17.2. The van der Waals surface area contributed by atoms with Crippen LogP contribution in [0.15, 0.2) is 11.9 Å². The second-order valence-corrected chi connectivity index (χ2v) is 5.05. The van der Waals surface area contributed by atoms with E-state index in [4.69, 9.17) is 4.74 Å². The molecule has 0 radical (unpaired) electrons. The number of amides is 2. The number of carbonyl (C=O) groups excluding carboxylic acids is 2. The fourth-order valence-electron chi connectivity index (χ4n) is 2.37. The molecule has 0 atom stereocenters. The molecule has 0 aromatic heterocycles. The number of rotatable bonds is 5. The zero-order valence-electron chi connectivity index (χ0n) is 13.4. The molecule has 0 aliphatic heterocycles. The normalized spacial score (nSPS) is 15.7. The highest BCUT2D eigenvalue weighted by molar-refractivity contribution is 5.75. The van der Waals surface area contributed by atoms with E-state index >= 15 is 0 Å². The molecule has 0 aromatic rings. The van der Waals surface area contributed by atoms with Gasteiger partial charge < -0.3 is 19.6 Å². The Morgan fingerprint density at radius 3 is 2.35 bits per heavy atom. The van der Waals surface area contributed by atoms with Gasteiger partial charge in [0, 0.05) is 6.08 Å².